The van der Waals surface area contributed by atoms with E-state index in [1.165, 1.54) is 0 Å². The standard InChI is InChI=1S/C15H15NO/c1-3-17-12(2)6-7-13-8-9-15-14(11-13)5-4-10-16-15/h4-5,8-12H,3H2,1-2H3. The number of pyridine rings is 1. The second-order valence-corrected chi connectivity index (χ2v) is 3.78. The van der Waals surface area contributed by atoms with Crippen molar-refractivity contribution in [2.75, 3.05) is 6.61 Å². The summed E-state index contributed by atoms with van der Waals surface area (Å²) in [5.74, 6) is 6.19. The number of nitrogens with zero attached hydrogens (tertiary/aromatic N) is 1. The first-order chi connectivity index (χ1) is 8.29. The summed E-state index contributed by atoms with van der Waals surface area (Å²) >= 11 is 0. The van der Waals surface area contributed by atoms with Crippen molar-refractivity contribution in [2.24, 2.45) is 0 Å². The topological polar surface area (TPSA) is 22.1 Å². The van der Waals surface area contributed by atoms with Gasteiger partial charge in [-0.2, -0.15) is 0 Å². The average Bonchev–Trinajstić information content (AvgIpc) is 2.36. The van der Waals surface area contributed by atoms with Crippen molar-refractivity contribution in [1.29, 1.82) is 0 Å². The predicted molar refractivity (Wildman–Crippen MR) is 69.7 cm³/mol. The summed E-state index contributed by atoms with van der Waals surface area (Å²) in [6, 6.07) is 10.0. The Kier molecular flexibility index (Phi) is 3.74. The Labute approximate surface area is 102 Å². The van der Waals surface area contributed by atoms with Gasteiger partial charge in [0.1, 0.15) is 6.10 Å². The lowest BCUT2D eigenvalue weighted by Gasteiger charge is -2.02. The zero-order valence-corrected chi connectivity index (χ0v) is 10.1. The van der Waals surface area contributed by atoms with Crippen LogP contribution in [0.25, 0.3) is 10.9 Å². The van der Waals surface area contributed by atoms with E-state index in [9.17, 15) is 0 Å². The predicted octanol–water partition coefficient (Wildman–Crippen LogP) is 3.01. The fourth-order valence-corrected chi connectivity index (χ4v) is 1.63. The largest absolute Gasteiger partial charge is 0.366 e. The fourth-order valence-electron chi connectivity index (χ4n) is 1.63. The molecule has 0 spiro atoms. The monoisotopic (exact) mass is 225 g/mol. The highest BCUT2D eigenvalue weighted by Gasteiger charge is 1.95. The van der Waals surface area contributed by atoms with Crippen LogP contribution in [0, 0.1) is 11.8 Å². The molecule has 0 N–H and O–H groups in total. The SMILES string of the molecule is CCOC(C)C#Cc1ccc2ncccc2c1. The van der Waals surface area contributed by atoms with E-state index in [0.717, 1.165) is 16.5 Å². The number of ether oxygens (including phenoxy) is 1. The van der Waals surface area contributed by atoms with Crippen molar-refractivity contribution in [3.63, 3.8) is 0 Å². The molecule has 2 heteroatoms. The van der Waals surface area contributed by atoms with Crippen molar-refractivity contribution >= 4 is 10.9 Å². The van der Waals surface area contributed by atoms with Gasteiger partial charge in [0.2, 0.25) is 0 Å². The second-order valence-electron chi connectivity index (χ2n) is 3.78. The Bertz CT molecular complexity index is 566. The molecule has 1 atom stereocenters. The molecule has 86 valence electrons. The maximum Gasteiger partial charge on any atom is 0.115 e. The first kappa shape index (κ1) is 11.6. The normalized spacial score (nSPS) is 11.9. The molecule has 0 fully saturated rings. The van der Waals surface area contributed by atoms with Gasteiger partial charge in [0.15, 0.2) is 0 Å². The van der Waals surface area contributed by atoms with Crippen molar-refractivity contribution in [3.05, 3.63) is 42.1 Å². The van der Waals surface area contributed by atoms with Gasteiger partial charge >= 0.3 is 0 Å². The van der Waals surface area contributed by atoms with Gasteiger partial charge in [-0.1, -0.05) is 17.9 Å². The Balaban J connectivity index is 2.25. The van der Waals surface area contributed by atoms with Crippen LogP contribution in [-0.4, -0.2) is 17.7 Å². The van der Waals surface area contributed by atoms with E-state index >= 15 is 0 Å². The van der Waals surface area contributed by atoms with Gasteiger partial charge in [0.25, 0.3) is 0 Å². The molecule has 0 radical (unpaired) electrons. The minimum absolute atomic E-state index is 0.0235. The number of hydrogen-bond acceptors (Lipinski definition) is 2. The van der Waals surface area contributed by atoms with E-state index in [1.807, 2.05) is 44.2 Å². The molecule has 2 rings (SSSR count). The summed E-state index contributed by atoms with van der Waals surface area (Å²) in [6.07, 6.45) is 1.77. The zero-order valence-electron chi connectivity index (χ0n) is 10.1. The van der Waals surface area contributed by atoms with Crippen LogP contribution in [-0.2, 0) is 4.74 Å². The van der Waals surface area contributed by atoms with Crippen LogP contribution in [0.2, 0.25) is 0 Å². The lowest BCUT2D eigenvalue weighted by Crippen LogP contribution is -2.03. The molecule has 0 aliphatic rings. The van der Waals surface area contributed by atoms with Gasteiger partial charge in [0, 0.05) is 23.8 Å². The molecule has 0 aliphatic carbocycles. The number of benzene rings is 1. The Morgan fingerprint density at radius 3 is 3.06 bits per heavy atom. The van der Waals surface area contributed by atoms with Gasteiger partial charge < -0.3 is 4.74 Å². The van der Waals surface area contributed by atoms with Crippen LogP contribution in [0.1, 0.15) is 19.4 Å². The molecule has 1 heterocycles. The van der Waals surface area contributed by atoms with Gasteiger partial charge in [-0.15, -0.1) is 0 Å². The number of hydrogen-bond donors (Lipinski definition) is 0. The zero-order chi connectivity index (χ0) is 12.1. The highest BCUT2D eigenvalue weighted by Crippen LogP contribution is 2.12. The van der Waals surface area contributed by atoms with E-state index in [0.29, 0.717) is 6.61 Å². The highest BCUT2D eigenvalue weighted by molar-refractivity contribution is 5.79. The number of rotatable bonds is 2. The molecule has 0 saturated carbocycles. The highest BCUT2D eigenvalue weighted by atomic mass is 16.5. The van der Waals surface area contributed by atoms with Crippen molar-refractivity contribution in [2.45, 2.75) is 20.0 Å². The molecule has 1 unspecified atom stereocenters. The van der Waals surface area contributed by atoms with Crippen LogP contribution in [0.15, 0.2) is 36.5 Å². The first-order valence-electron chi connectivity index (χ1n) is 5.77. The van der Waals surface area contributed by atoms with Crippen LogP contribution in [0.5, 0.6) is 0 Å². The summed E-state index contributed by atoms with van der Waals surface area (Å²) in [5.41, 5.74) is 1.99. The summed E-state index contributed by atoms with van der Waals surface area (Å²) < 4.78 is 5.37. The van der Waals surface area contributed by atoms with Gasteiger partial charge in [0.05, 0.1) is 5.52 Å². The van der Waals surface area contributed by atoms with E-state index in [2.05, 4.69) is 16.8 Å². The summed E-state index contributed by atoms with van der Waals surface area (Å²) in [5, 5.41) is 1.11. The van der Waals surface area contributed by atoms with Crippen molar-refractivity contribution in [1.82, 2.24) is 4.98 Å². The smallest absolute Gasteiger partial charge is 0.115 e. The molecule has 17 heavy (non-hydrogen) atoms. The Morgan fingerprint density at radius 1 is 1.35 bits per heavy atom. The maximum absolute atomic E-state index is 5.37. The molecule has 0 saturated heterocycles. The Morgan fingerprint density at radius 2 is 2.24 bits per heavy atom. The quantitative estimate of drug-likeness (QED) is 0.733. The Hall–Kier alpha value is -1.85. The third kappa shape index (κ3) is 3.05. The summed E-state index contributed by atoms with van der Waals surface area (Å²) in [6.45, 7) is 4.62. The average molecular weight is 225 g/mol. The number of aromatic nitrogens is 1. The van der Waals surface area contributed by atoms with Crippen LogP contribution >= 0.6 is 0 Å². The first-order valence-corrected chi connectivity index (χ1v) is 5.77. The van der Waals surface area contributed by atoms with Crippen LogP contribution in [0.4, 0.5) is 0 Å². The third-order valence-corrected chi connectivity index (χ3v) is 2.44. The lowest BCUT2D eigenvalue weighted by molar-refractivity contribution is 0.116. The third-order valence-electron chi connectivity index (χ3n) is 2.44. The molecule has 2 nitrogen and oxygen atoms in total. The van der Waals surface area contributed by atoms with E-state index < -0.39 is 0 Å². The fraction of sp³-hybridized carbons (Fsp3) is 0.267. The molecule has 2 aromatic rings. The van der Waals surface area contributed by atoms with E-state index in [4.69, 9.17) is 4.74 Å². The minimum atomic E-state index is -0.0235. The van der Waals surface area contributed by atoms with E-state index in [-0.39, 0.29) is 6.10 Å². The lowest BCUT2D eigenvalue weighted by atomic mass is 10.1. The summed E-state index contributed by atoms with van der Waals surface area (Å²) in [4.78, 5) is 4.27. The second kappa shape index (κ2) is 5.47. The van der Waals surface area contributed by atoms with Crippen LogP contribution in [0.3, 0.4) is 0 Å². The van der Waals surface area contributed by atoms with Gasteiger partial charge in [-0.05, 0) is 38.1 Å². The minimum Gasteiger partial charge on any atom is -0.366 e. The molecule has 0 bridgehead atoms. The van der Waals surface area contributed by atoms with Gasteiger partial charge in [-0.3, -0.25) is 4.98 Å². The van der Waals surface area contributed by atoms with Crippen LogP contribution < -0.4 is 0 Å². The van der Waals surface area contributed by atoms with Gasteiger partial charge in [-0.25, -0.2) is 0 Å². The molecular formula is C15H15NO. The molecule has 1 aromatic heterocycles. The molecule has 0 amide bonds. The molecule has 0 aliphatic heterocycles. The maximum atomic E-state index is 5.37. The summed E-state index contributed by atoms with van der Waals surface area (Å²) in [7, 11) is 0. The van der Waals surface area contributed by atoms with Crippen molar-refractivity contribution in [3.8, 4) is 11.8 Å². The number of fused-ring (bicyclic) bond motifs is 1. The van der Waals surface area contributed by atoms with Crippen molar-refractivity contribution < 1.29 is 4.74 Å². The van der Waals surface area contributed by atoms with E-state index in [1.54, 1.807) is 6.20 Å². The molecular weight excluding hydrogens is 210 g/mol. The molecule has 1 aromatic carbocycles.